The van der Waals surface area contributed by atoms with Gasteiger partial charge in [0, 0.05) is 28.7 Å². The fourth-order valence-corrected chi connectivity index (χ4v) is 4.35. The number of benzene rings is 1. The molecule has 1 N–H and O–H groups in total. The third-order valence-corrected chi connectivity index (χ3v) is 5.89. The maximum Gasteiger partial charge on any atom is 0.260 e. The standard InChI is InChI=1S/C25H30N4O/c1-17-15-19(3)29(16-18(2)26-22-13-9-6-10-14-22)20(4)23(17)25-27-24(28-30-25)21-11-7-5-8-12-21/h5,7-8,11-12,15,22,26H,2,4,6,9-10,13-14,16H2,1,3H3. The Kier molecular flexibility index (Phi) is 5.88. The Morgan fingerprint density at radius 2 is 1.90 bits per heavy atom. The van der Waals surface area contributed by atoms with Crippen molar-refractivity contribution in [1.29, 1.82) is 0 Å². The maximum absolute atomic E-state index is 5.64. The zero-order valence-electron chi connectivity index (χ0n) is 17.9. The molecule has 2 aromatic rings. The first kappa shape index (κ1) is 20.2. The molecule has 2 heterocycles. The minimum atomic E-state index is 0.496. The molecule has 5 heteroatoms. The number of nitrogens with zero attached hydrogens (tertiary/aromatic N) is 3. The van der Waals surface area contributed by atoms with Gasteiger partial charge in [-0.2, -0.15) is 4.98 Å². The third kappa shape index (κ3) is 4.25. The molecule has 0 saturated heterocycles. The van der Waals surface area contributed by atoms with E-state index in [0.717, 1.165) is 33.8 Å². The van der Waals surface area contributed by atoms with E-state index in [1.807, 2.05) is 30.3 Å². The summed E-state index contributed by atoms with van der Waals surface area (Å²) in [6.07, 6.45) is 8.54. The monoisotopic (exact) mass is 402 g/mol. The van der Waals surface area contributed by atoms with Crippen molar-refractivity contribution in [2.45, 2.75) is 52.0 Å². The predicted molar refractivity (Wildman–Crippen MR) is 121 cm³/mol. The SMILES string of the molecule is C=C(CN1C(=C)C(c2nc(-c3ccccc3)no2)=C(C)C=C1C)NC1CCCCC1. The van der Waals surface area contributed by atoms with Crippen molar-refractivity contribution in [3.63, 3.8) is 0 Å². The molecule has 0 bridgehead atoms. The third-order valence-electron chi connectivity index (χ3n) is 5.89. The van der Waals surface area contributed by atoms with Gasteiger partial charge in [-0.1, -0.05) is 67.9 Å². The summed E-state index contributed by atoms with van der Waals surface area (Å²) in [5.74, 6) is 1.08. The van der Waals surface area contributed by atoms with E-state index in [2.05, 4.69) is 53.4 Å². The van der Waals surface area contributed by atoms with Crippen molar-refractivity contribution in [2.75, 3.05) is 6.54 Å². The molecule has 0 unspecified atom stereocenters. The lowest BCUT2D eigenvalue weighted by atomic mass is 9.95. The van der Waals surface area contributed by atoms with E-state index in [4.69, 9.17) is 4.52 Å². The molecular formula is C25H30N4O. The van der Waals surface area contributed by atoms with Gasteiger partial charge in [-0.25, -0.2) is 0 Å². The van der Waals surface area contributed by atoms with Crippen molar-refractivity contribution in [1.82, 2.24) is 20.4 Å². The Labute approximate surface area is 178 Å². The minimum absolute atomic E-state index is 0.496. The van der Waals surface area contributed by atoms with Crippen molar-refractivity contribution < 1.29 is 4.52 Å². The first-order valence-electron chi connectivity index (χ1n) is 10.7. The Hall–Kier alpha value is -3.08. The highest BCUT2D eigenvalue weighted by Gasteiger charge is 2.26. The van der Waals surface area contributed by atoms with Crippen LogP contribution in [0, 0.1) is 0 Å². The smallest absolute Gasteiger partial charge is 0.260 e. The Morgan fingerprint density at radius 1 is 1.17 bits per heavy atom. The molecule has 30 heavy (non-hydrogen) atoms. The average molecular weight is 403 g/mol. The molecule has 0 spiro atoms. The summed E-state index contributed by atoms with van der Waals surface area (Å²) in [4.78, 5) is 6.82. The van der Waals surface area contributed by atoms with Crippen LogP contribution in [0.5, 0.6) is 0 Å². The molecule has 1 aromatic heterocycles. The lowest BCUT2D eigenvalue weighted by Crippen LogP contribution is -2.36. The van der Waals surface area contributed by atoms with Crippen molar-refractivity contribution in [3.05, 3.63) is 78.1 Å². The second kappa shape index (κ2) is 8.74. The molecule has 0 amide bonds. The van der Waals surface area contributed by atoms with E-state index in [1.165, 1.54) is 32.1 Å². The molecule has 2 aliphatic rings. The number of hydrogen-bond donors (Lipinski definition) is 1. The van der Waals surface area contributed by atoms with Crippen molar-refractivity contribution in [3.8, 4) is 11.4 Å². The molecule has 1 aliphatic heterocycles. The number of aromatic nitrogens is 2. The fraction of sp³-hybridized carbons (Fsp3) is 0.360. The second-order valence-corrected chi connectivity index (χ2v) is 8.25. The van der Waals surface area contributed by atoms with E-state index < -0.39 is 0 Å². The predicted octanol–water partition coefficient (Wildman–Crippen LogP) is 5.68. The molecule has 1 saturated carbocycles. The van der Waals surface area contributed by atoms with Crippen LogP contribution in [0.25, 0.3) is 17.0 Å². The molecule has 156 valence electrons. The van der Waals surface area contributed by atoms with Gasteiger partial charge in [-0.3, -0.25) is 0 Å². The van der Waals surface area contributed by atoms with Crippen LogP contribution in [-0.4, -0.2) is 27.6 Å². The fourth-order valence-electron chi connectivity index (χ4n) is 4.35. The van der Waals surface area contributed by atoms with Gasteiger partial charge in [0.05, 0.1) is 12.1 Å². The molecule has 1 aromatic carbocycles. The normalized spacial score (nSPS) is 17.9. The van der Waals surface area contributed by atoms with Crippen LogP contribution in [-0.2, 0) is 0 Å². The highest BCUT2D eigenvalue weighted by atomic mass is 16.5. The van der Waals surface area contributed by atoms with Gasteiger partial charge in [0.15, 0.2) is 0 Å². The lowest BCUT2D eigenvalue weighted by Gasteiger charge is -2.34. The first-order chi connectivity index (χ1) is 14.5. The van der Waals surface area contributed by atoms with Crippen LogP contribution in [0.3, 0.4) is 0 Å². The Morgan fingerprint density at radius 3 is 2.63 bits per heavy atom. The largest absolute Gasteiger partial charge is 0.385 e. The van der Waals surface area contributed by atoms with E-state index in [9.17, 15) is 0 Å². The van der Waals surface area contributed by atoms with Crippen LogP contribution in [0.1, 0.15) is 51.8 Å². The van der Waals surface area contributed by atoms with Gasteiger partial charge in [-0.15, -0.1) is 0 Å². The summed E-state index contributed by atoms with van der Waals surface area (Å²) < 4.78 is 5.64. The van der Waals surface area contributed by atoms with Crippen LogP contribution >= 0.6 is 0 Å². The van der Waals surface area contributed by atoms with Crippen LogP contribution < -0.4 is 5.32 Å². The van der Waals surface area contributed by atoms with Crippen molar-refractivity contribution >= 4 is 5.57 Å². The minimum Gasteiger partial charge on any atom is -0.385 e. The number of hydrogen-bond acceptors (Lipinski definition) is 5. The summed E-state index contributed by atoms with van der Waals surface area (Å²) in [5, 5.41) is 7.81. The molecule has 1 aliphatic carbocycles. The topological polar surface area (TPSA) is 54.2 Å². The summed E-state index contributed by atoms with van der Waals surface area (Å²) in [5.41, 5.74) is 5.91. The summed E-state index contributed by atoms with van der Waals surface area (Å²) in [6, 6.07) is 10.4. The van der Waals surface area contributed by atoms with Crippen LogP contribution in [0.2, 0.25) is 0 Å². The summed E-state index contributed by atoms with van der Waals surface area (Å²) in [6.45, 7) is 13.5. The summed E-state index contributed by atoms with van der Waals surface area (Å²) in [7, 11) is 0. The van der Waals surface area contributed by atoms with Gasteiger partial charge in [0.25, 0.3) is 5.89 Å². The van der Waals surface area contributed by atoms with Gasteiger partial charge < -0.3 is 14.7 Å². The molecule has 0 radical (unpaired) electrons. The van der Waals surface area contributed by atoms with E-state index >= 15 is 0 Å². The first-order valence-corrected chi connectivity index (χ1v) is 10.7. The maximum atomic E-state index is 5.64. The van der Waals surface area contributed by atoms with Gasteiger partial charge >= 0.3 is 0 Å². The lowest BCUT2D eigenvalue weighted by molar-refractivity contribution is 0.376. The van der Waals surface area contributed by atoms with Gasteiger partial charge in [0.2, 0.25) is 5.82 Å². The van der Waals surface area contributed by atoms with Gasteiger partial charge in [0.1, 0.15) is 0 Å². The summed E-state index contributed by atoms with van der Waals surface area (Å²) >= 11 is 0. The number of nitrogens with one attached hydrogen (secondary N) is 1. The molecule has 0 atom stereocenters. The van der Waals surface area contributed by atoms with Crippen molar-refractivity contribution in [2.24, 2.45) is 0 Å². The van der Waals surface area contributed by atoms with Gasteiger partial charge in [-0.05, 0) is 38.3 Å². The molecule has 4 rings (SSSR count). The molecule has 1 fully saturated rings. The number of rotatable bonds is 6. The average Bonchev–Trinajstić information content (AvgIpc) is 3.22. The van der Waals surface area contributed by atoms with E-state index in [-0.39, 0.29) is 0 Å². The molecular weight excluding hydrogens is 372 g/mol. The second-order valence-electron chi connectivity index (χ2n) is 8.25. The Bertz CT molecular complexity index is 993. The molecule has 5 nitrogen and oxygen atoms in total. The van der Waals surface area contributed by atoms with E-state index in [0.29, 0.717) is 24.3 Å². The quantitative estimate of drug-likeness (QED) is 0.674. The highest BCUT2D eigenvalue weighted by molar-refractivity contribution is 5.80. The highest BCUT2D eigenvalue weighted by Crippen LogP contribution is 2.35. The Balaban J connectivity index is 1.52. The van der Waals surface area contributed by atoms with E-state index in [1.54, 1.807) is 0 Å². The van der Waals surface area contributed by atoms with Crippen LogP contribution in [0.15, 0.2) is 76.8 Å². The van der Waals surface area contributed by atoms with Crippen LogP contribution in [0.4, 0.5) is 0 Å². The zero-order chi connectivity index (χ0) is 21.1. The number of allylic oxidation sites excluding steroid dienone is 4. The zero-order valence-corrected chi connectivity index (χ0v) is 17.9.